The van der Waals surface area contributed by atoms with Gasteiger partial charge < -0.3 is 10.8 Å². The number of aromatic nitrogens is 1. The van der Waals surface area contributed by atoms with Gasteiger partial charge >= 0.3 is 0 Å². The molecule has 3 rings (SSSR count). The Morgan fingerprint density at radius 2 is 1.72 bits per heavy atom. The molecule has 2 aromatic carbocycles. The number of thiocarbonyl (C=S) groups is 1. The fraction of sp³-hybridized carbons (Fsp3) is 0.100. The van der Waals surface area contributed by atoms with Gasteiger partial charge in [-0.1, -0.05) is 43.3 Å². The molecule has 1 aromatic heterocycles. The molecule has 0 amide bonds. The Balaban J connectivity index is 2.08. The third-order valence-electron chi connectivity index (χ3n) is 4.12. The molecule has 0 aliphatic carbocycles. The van der Waals surface area contributed by atoms with Crippen molar-refractivity contribution in [2.75, 3.05) is 4.90 Å². The monoisotopic (exact) mass is 349 g/mol. The number of rotatable bonds is 4. The van der Waals surface area contributed by atoms with Crippen molar-refractivity contribution in [2.45, 2.75) is 12.8 Å². The molecule has 0 saturated carbocycles. The number of nitrogens with two attached hydrogens (primary N) is 1. The van der Waals surface area contributed by atoms with E-state index in [1.807, 2.05) is 54.6 Å². The molecular formula is C20H19N3OS. The highest BCUT2D eigenvalue weighted by Gasteiger charge is 2.21. The molecule has 1 unspecified atom stereocenters. The van der Waals surface area contributed by atoms with E-state index in [1.165, 1.54) is 0 Å². The van der Waals surface area contributed by atoms with E-state index in [2.05, 4.69) is 11.9 Å². The van der Waals surface area contributed by atoms with Crippen molar-refractivity contribution in [3.63, 3.8) is 0 Å². The number of benzene rings is 2. The Morgan fingerprint density at radius 3 is 2.36 bits per heavy atom. The maximum Gasteiger partial charge on any atom is 0.176 e. The van der Waals surface area contributed by atoms with Crippen LogP contribution in [0, 0.1) is 0 Å². The van der Waals surface area contributed by atoms with E-state index in [-0.39, 0.29) is 16.8 Å². The van der Waals surface area contributed by atoms with E-state index in [9.17, 15) is 5.11 Å². The molecule has 1 heterocycles. The molecule has 0 spiro atoms. The molecule has 3 aromatic rings. The van der Waals surface area contributed by atoms with Gasteiger partial charge in [0.2, 0.25) is 0 Å². The molecule has 25 heavy (non-hydrogen) atoms. The lowest BCUT2D eigenvalue weighted by molar-refractivity contribution is 0.475. The molecule has 4 nitrogen and oxygen atoms in total. The van der Waals surface area contributed by atoms with Crippen molar-refractivity contribution in [2.24, 2.45) is 5.73 Å². The topological polar surface area (TPSA) is 62.4 Å². The fourth-order valence-electron chi connectivity index (χ4n) is 2.81. The van der Waals surface area contributed by atoms with Gasteiger partial charge in [0.1, 0.15) is 11.6 Å². The van der Waals surface area contributed by atoms with Gasteiger partial charge in [-0.25, -0.2) is 4.98 Å². The van der Waals surface area contributed by atoms with Crippen molar-refractivity contribution in [3.05, 3.63) is 84.1 Å². The van der Waals surface area contributed by atoms with Crippen molar-refractivity contribution in [1.82, 2.24) is 4.98 Å². The van der Waals surface area contributed by atoms with Crippen LogP contribution in [0.25, 0.3) is 0 Å². The predicted molar refractivity (Wildman–Crippen MR) is 105 cm³/mol. The van der Waals surface area contributed by atoms with Crippen LogP contribution in [-0.2, 0) is 0 Å². The Hall–Kier alpha value is -2.92. The second-order valence-electron chi connectivity index (χ2n) is 5.74. The highest BCUT2D eigenvalue weighted by atomic mass is 32.1. The first kappa shape index (κ1) is 16.9. The zero-order chi connectivity index (χ0) is 17.8. The summed E-state index contributed by atoms with van der Waals surface area (Å²) < 4.78 is 0. The van der Waals surface area contributed by atoms with Crippen molar-refractivity contribution < 1.29 is 5.11 Å². The number of anilines is 2. The summed E-state index contributed by atoms with van der Waals surface area (Å²) in [5, 5.41) is 9.76. The van der Waals surface area contributed by atoms with Crippen LogP contribution in [0.1, 0.15) is 24.0 Å². The summed E-state index contributed by atoms with van der Waals surface area (Å²) in [6, 6.07) is 20.8. The molecule has 126 valence electrons. The van der Waals surface area contributed by atoms with Crippen molar-refractivity contribution >= 4 is 28.8 Å². The van der Waals surface area contributed by atoms with Crippen LogP contribution in [-0.4, -0.2) is 15.2 Å². The van der Waals surface area contributed by atoms with E-state index in [0.717, 1.165) is 16.8 Å². The standard InChI is InChI=1S/C20H19N3OS/c1-14(15-9-11-17(24)12-10-15)18-8-5-13-22-19(18)23(20(21)25)16-6-3-2-4-7-16/h2-14,24H,1H3,(H2,21,25). The molecule has 0 saturated heterocycles. The first-order valence-corrected chi connectivity index (χ1v) is 8.37. The summed E-state index contributed by atoms with van der Waals surface area (Å²) in [4.78, 5) is 6.33. The quantitative estimate of drug-likeness (QED) is 0.687. The van der Waals surface area contributed by atoms with Crippen LogP contribution >= 0.6 is 12.2 Å². The third kappa shape index (κ3) is 3.61. The molecule has 1 atom stereocenters. The minimum absolute atomic E-state index is 0.0601. The molecule has 0 bridgehead atoms. The molecule has 0 aliphatic rings. The van der Waals surface area contributed by atoms with Gasteiger partial charge in [0.05, 0.1) is 0 Å². The second-order valence-corrected chi connectivity index (χ2v) is 6.16. The van der Waals surface area contributed by atoms with Gasteiger partial charge in [-0.3, -0.25) is 4.90 Å². The van der Waals surface area contributed by atoms with Gasteiger partial charge in [-0.15, -0.1) is 0 Å². The number of phenols is 1. The Labute approximate surface area is 152 Å². The van der Waals surface area contributed by atoms with Gasteiger partial charge in [0.25, 0.3) is 0 Å². The summed E-state index contributed by atoms with van der Waals surface area (Å²) in [5.74, 6) is 1.02. The number of para-hydroxylation sites is 1. The van der Waals surface area contributed by atoms with Crippen molar-refractivity contribution in [3.8, 4) is 5.75 Å². The molecule has 5 heteroatoms. The molecule has 0 aliphatic heterocycles. The molecule has 0 radical (unpaired) electrons. The minimum atomic E-state index is 0.0601. The molecule has 0 fully saturated rings. The van der Waals surface area contributed by atoms with E-state index in [4.69, 9.17) is 18.0 Å². The normalized spacial score (nSPS) is 11.7. The molecule has 3 N–H and O–H groups in total. The lowest BCUT2D eigenvalue weighted by Gasteiger charge is -2.26. The number of hydrogen-bond acceptors (Lipinski definition) is 3. The van der Waals surface area contributed by atoms with Crippen LogP contribution in [0.4, 0.5) is 11.5 Å². The van der Waals surface area contributed by atoms with Crippen LogP contribution in [0.3, 0.4) is 0 Å². The minimum Gasteiger partial charge on any atom is -0.508 e. The fourth-order valence-corrected chi connectivity index (χ4v) is 3.00. The first-order valence-electron chi connectivity index (χ1n) is 7.96. The SMILES string of the molecule is CC(c1ccc(O)cc1)c1cccnc1N(C(N)=S)c1ccccc1. The van der Waals surface area contributed by atoms with Crippen LogP contribution in [0.2, 0.25) is 0 Å². The smallest absolute Gasteiger partial charge is 0.176 e. The average Bonchev–Trinajstić information content (AvgIpc) is 2.63. The molecular weight excluding hydrogens is 330 g/mol. The van der Waals surface area contributed by atoms with Crippen molar-refractivity contribution in [1.29, 1.82) is 0 Å². The Morgan fingerprint density at radius 1 is 1.04 bits per heavy atom. The second kappa shape index (κ2) is 7.32. The zero-order valence-electron chi connectivity index (χ0n) is 13.8. The van der Waals surface area contributed by atoms with E-state index >= 15 is 0 Å². The lowest BCUT2D eigenvalue weighted by atomic mass is 9.93. The number of nitrogens with zero attached hydrogens (tertiary/aromatic N) is 2. The highest BCUT2D eigenvalue weighted by molar-refractivity contribution is 7.80. The Bertz CT molecular complexity index is 866. The number of aromatic hydroxyl groups is 1. The van der Waals surface area contributed by atoms with E-state index in [0.29, 0.717) is 5.82 Å². The summed E-state index contributed by atoms with van der Waals surface area (Å²) in [5.41, 5.74) is 8.96. The summed E-state index contributed by atoms with van der Waals surface area (Å²) in [6.45, 7) is 2.09. The summed E-state index contributed by atoms with van der Waals surface area (Å²) in [7, 11) is 0. The third-order valence-corrected chi connectivity index (χ3v) is 4.31. The average molecular weight is 349 g/mol. The number of phenolic OH excluding ortho intramolecular Hbond substituents is 1. The van der Waals surface area contributed by atoms with Crippen LogP contribution < -0.4 is 10.6 Å². The van der Waals surface area contributed by atoms with E-state index < -0.39 is 0 Å². The predicted octanol–water partition coefficient (Wildman–Crippen LogP) is 4.32. The number of pyridine rings is 1. The number of hydrogen-bond donors (Lipinski definition) is 2. The highest BCUT2D eigenvalue weighted by Crippen LogP contribution is 2.34. The summed E-state index contributed by atoms with van der Waals surface area (Å²) in [6.07, 6.45) is 1.73. The summed E-state index contributed by atoms with van der Waals surface area (Å²) >= 11 is 5.29. The first-order chi connectivity index (χ1) is 12.1. The van der Waals surface area contributed by atoms with Gasteiger partial charge in [0, 0.05) is 23.4 Å². The van der Waals surface area contributed by atoms with Gasteiger partial charge in [-0.2, -0.15) is 0 Å². The Kier molecular flexibility index (Phi) is 4.95. The van der Waals surface area contributed by atoms with E-state index in [1.54, 1.807) is 23.2 Å². The lowest BCUT2D eigenvalue weighted by Crippen LogP contribution is -2.32. The van der Waals surface area contributed by atoms with Gasteiger partial charge in [0.15, 0.2) is 5.11 Å². The maximum atomic E-state index is 9.52. The largest absolute Gasteiger partial charge is 0.508 e. The zero-order valence-corrected chi connectivity index (χ0v) is 14.6. The maximum absolute atomic E-state index is 9.52. The van der Waals surface area contributed by atoms with Crippen LogP contribution in [0.5, 0.6) is 5.75 Å². The van der Waals surface area contributed by atoms with Crippen LogP contribution in [0.15, 0.2) is 72.9 Å². The van der Waals surface area contributed by atoms with Gasteiger partial charge in [-0.05, 0) is 48.1 Å².